The molecule has 1 aliphatic heterocycles. The molecule has 0 fully saturated rings. The Hall–Kier alpha value is -1.16. The molecule has 0 bridgehead atoms. The van der Waals surface area contributed by atoms with Crippen molar-refractivity contribution in [3.05, 3.63) is 33.5 Å². The van der Waals surface area contributed by atoms with Gasteiger partial charge in [0.25, 0.3) is 0 Å². The first-order valence-corrected chi connectivity index (χ1v) is 10.6. The van der Waals surface area contributed by atoms with Gasteiger partial charge < -0.3 is 15.2 Å². The molecular formula is C19H31IN6S. The summed E-state index contributed by atoms with van der Waals surface area (Å²) in [6.45, 7) is 7.79. The van der Waals surface area contributed by atoms with Gasteiger partial charge >= 0.3 is 0 Å². The zero-order valence-corrected chi connectivity index (χ0v) is 19.5. The first kappa shape index (κ1) is 22.1. The Labute approximate surface area is 183 Å². The molecule has 8 heteroatoms. The second kappa shape index (κ2) is 11.6. The maximum absolute atomic E-state index is 4.69. The molecule has 3 heterocycles. The van der Waals surface area contributed by atoms with Gasteiger partial charge in [0.15, 0.2) is 5.96 Å². The Morgan fingerprint density at radius 2 is 2.11 bits per heavy atom. The van der Waals surface area contributed by atoms with E-state index in [9.17, 15) is 0 Å². The van der Waals surface area contributed by atoms with Gasteiger partial charge in [-0.2, -0.15) is 0 Å². The highest BCUT2D eigenvalue weighted by molar-refractivity contribution is 14.0. The van der Waals surface area contributed by atoms with Gasteiger partial charge in [0.1, 0.15) is 11.6 Å². The number of aryl methyl sites for hydroxylation is 3. The minimum absolute atomic E-state index is 0. The highest BCUT2D eigenvalue weighted by Gasteiger charge is 2.14. The number of nitrogens with one attached hydrogen (secondary N) is 2. The molecule has 0 spiro atoms. The van der Waals surface area contributed by atoms with Crippen LogP contribution in [0, 0.1) is 6.92 Å². The average Bonchev–Trinajstić information content (AvgIpc) is 3.14. The van der Waals surface area contributed by atoms with Crippen molar-refractivity contribution in [2.75, 3.05) is 13.1 Å². The molecule has 0 aromatic carbocycles. The Bertz CT molecular complexity index is 724. The van der Waals surface area contributed by atoms with Gasteiger partial charge in [0.2, 0.25) is 0 Å². The lowest BCUT2D eigenvalue weighted by Crippen LogP contribution is -2.37. The summed E-state index contributed by atoms with van der Waals surface area (Å²) in [6, 6.07) is 4.31. The predicted molar refractivity (Wildman–Crippen MR) is 123 cm³/mol. The summed E-state index contributed by atoms with van der Waals surface area (Å²) in [5.41, 5.74) is 0. The quantitative estimate of drug-likeness (QED) is 0.263. The van der Waals surface area contributed by atoms with E-state index in [1.54, 1.807) is 0 Å². The maximum atomic E-state index is 4.69. The Kier molecular flexibility index (Phi) is 9.53. The minimum atomic E-state index is 0. The molecule has 0 amide bonds. The third kappa shape index (κ3) is 6.74. The van der Waals surface area contributed by atoms with Crippen molar-refractivity contribution in [2.24, 2.45) is 4.99 Å². The summed E-state index contributed by atoms with van der Waals surface area (Å²) >= 11 is 1.81. The molecule has 0 saturated carbocycles. The molecule has 2 N–H and O–H groups in total. The lowest BCUT2D eigenvalue weighted by atomic mass is 10.2. The van der Waals surface area contributed by atoms with Crippen LogP contribution in [0.15, 0.2) is 17.1 Å². The predicted octanol–water partition coefficient (Wildman–Crippen LogP) is 3.68. The second-order valence-corrected chi connectivity index (χ2v) is 8.11. The van der Waals surface area contributed by atoms with Gasteiger partial charge in [-0.25, -0.2) is 4.99 Å². The number of aliphatic imine (C=N–C) groups is 1. The molecule has 6 nitrogen and oxygen atoms in total. The Balaban J connectivity index is 0.00000261. The van der Waals surface area contributed by atoms with Gasteiger partial charge in [-0.05, 0) is 45.2 Å². The fourth-order valence-corrected chi connectivity index (χ4v) is 4.07. The van der Waals surface area contributed by atoms with Crippen molar-refractivity contribution < 1.29 is 0 Å². The lowest BCUT2D eigenvalue weighted by molar-refractivity contribution is 0.594. The van der Waals surface area contributed by atoms with Crippen LogP contribution in [0.2, 0.25) is 0 Å². The summed E-state index contributed by atoms with van der Waals surface area (Å²) in [6.07, 6.45) is 6.85. The Morgan fingerprint density at radius 3 is 2.89 bits per heavy atom. The SMILES string of the molecule is CCNC(=NCc1ccc(C)s1)NCCCc1nnc2n1CCCCC2.I. The van der Waals surface area contributed by atoms with E-state index < -0.39 is 0 Å². The van der Waals surface area contributed by atoms with Crippen LogP contribution in [0.4, 0.5) is 0 Å². The van der Waals surface area contributed by atoms with E-state index in [2.05, 4.69) is 56.4 Å². The summed E-state index contributed by atoms with van der Waals surface area (Å²) < 4.78 is 2.34. The monoisotopic (exact) mass is 502 g/mol. The number of hydrogen-bond donors (Lipinski definition) is 2. The van der Waals surface area contributed by atoms with Crippen molar-refractivity contribution in [1.82, 2.24) is 25.4 Å². The molecule has 0 saturated heterocycles. The van der Waals surface area contributed by atoms with E-state index in [1.165, 1.54) is 34.8 Å². The van der Waals surface area contributed by atoms with E-state index in [0.717, 1.165) is 57.2 Å². The molecular weight excluding hydrogens is 471 g/mol. The van der Waals surface area contributed by atoms with Crippen molar-refractivity contribution in [3.63, 3.8) is 0 Å². The largest absolute Gasteiger partial charge is 0.357 e. The highest BCUT2D eigenvalue weighted by atomic mass is 127. The summed E-state index contributed by atoms with van der Waals surface area (Å²) in [4.78, 5) is 7.32. The average molecular weight is 502 g/mol. The minimum Gasteiger partial charge on any atom is -0.357 e. The molecule has 0 unspecified atom stereocenters. The van der Waals surface area contributed by atoms with Gasteiger partial charge in [-0.15, -0.1) is 45.5 Å². The fraction of sp³-hybridized carbons (Fsp3) is 0.632. The molecule has 1 aliphatic rings. The van der Waals surface area contributed by atoms with Crippen LogP contribution in [0.3, 0.4) is 0 Å². The molecule has 0 atom stereocenters. The molecule has 2 aromatic rings. The summed E-state index contributed by atoms with van der Waals surface area (Å²) in [5.74, 6) is 3.20. The fourth-order valence-electron chi connectivity index (χ4n) is 3.25. The molecule has 0 aliphatic carbocycles. The van der Waals surface area contributed by atoms with Crippen LogP contribution in [0.5, 0.6) is 0 Å². The molecule has 3 rings (SSSR count). The number of rotatable bonds is 7. The summed E-state index contributed by atoms with van der Waals surface area (Å²) in [7, 11) is 0. The van der Waals surface area contributed by atoms with Crippen LogP contribution < -0.4 is 10.6 Å². The smallest absolute Gasteiger partial charge is 0.191 e. The maximum Gasteiger partial charge on any atom is 0.191 e. The van der Waals surface area contributed by atoms with E-state index >= 15 is 0 Å². The second-order valence-electron chi connectivity index (χ2n) is 6.73. The van der Waals surface area contributed by atoms with Gasteiger partial charge in [-0.1, -0.05) is 6.42 Å². The van der Waals surface area contributed by atoms with Gasteiger partial charge in [0, 0.05) is 42.2 Å². The van der Waals surface area contributed by atoms with E-state index in [-0.39, 0.29) is 24.0 Å². The zero-order chi connectivity index (χ0) is 18.2. The molecule has 27 heavy (non-hydrogen) atoms. The number of thiophene rings is 1. The lowest BCUT2D eigenvalue weighted by Gasteiger charge is -2.11. The van der Waals surface area contributed by atoms with E-state index in [1.807, 2.05) is 11.3 Å². The number of fused-ring (bicyclic) bond motifs is 1. The first-order valence-electron chi connectivity index (χ1n) is 9.74. The van der Waals surface area contributed by atoms with Gasteiger partial charge in [0.05, 0.1) is 6.54 Å². The van der Waals surface area contributed by atoms with Crippen molar-refractivity contribution >= 4 is 41.3 Å². The number of aromatic nitrogens is 3. The van der Waals surface area contributed by atoms with Crippen molar-refractivity contribution in [1.29, 1.82) is 0 Å². The van der Waals surface area contributed by atoms with E-state index in [4.69, 9.17) is 0 Å². The normalized spacial score (nSPS) is 14.2. The first-order chi connectivity index (χ1) is 12.8. The summed E-state index contributed by atoms with van der Waals surface area (Å²) in [5, 5.41) is 15.6. The van der Waals surface area contributed by atoms with Gasteiger partial charge in [-0.3, -0.25) is 0 Å². The third-order valence-electron chi connectivity index (χ3n) is 4.59. The Morgan fingerprint density at radius 1 is 1.22 bits per heavy atom. The van der Waals surface area contributed by atoms with Crippen LogP contribution in [0.25, 0.3) is 0 Å². The third-order valence-corrected chi connectivity index (χ3v) is 5.57. The van der Waals surface area contributed by atoms with Crippen LogP contribution in [-0.2, 0) is 25.9 Å². The van der Waals surface area contributed by atoms with E-state index in [0.29, 0.717) is 0 Å². The number of guanidine groups is 1. The zero-order valence-electron chi connectivity index (χ0n) is 16.3. The number of hydrogen-bond acceptors (Lipinski definition) is 4. The molecule has 2 aromatic heterocycles. The van der Waals surface area contributed by atoms with Crippen molar-refractivity contribution in [3.8, 4) is 0 Å². The number of nitrogens with zero attached hydrogens (tertiary/aromatic N) is 4. The van der Waals surface area contributed by atoms with Crippen LogP contribution >= 0.6 is 35.3 Å². The molecule has 150 valence electrons. The standard InChI is InChI=1S/C19H30N6S.HI/c1-3-20-19(22-14-16-11-10-15(2)26-16)21-12-7-9-18-24-23-17-8-5-4-6-13-25(17)18;/h10-11H,3-9,12-14H2,1-2H3,(H2,20,21,22);1H. The topological polar surface area (TPSA) is 67.1 Å². The highest BCUT2D eigenvalue weighted by Crippen LogP contribution is 2.16. The molecule has 0 radical (unpaired) electrons. The van der Waals surface area contributed by atoms with Crippen LogP contribution in [-0.4, -0.2) is 33.8 Å². The van der Waals surface area contributed by atoms with Crippen LogP contribution in [0.1, 0.15) is 54.0 Å². The number of halogens is 1. The van der Waals surface area contributed by atoms with Crippen molar-refractivity contribution in [2.45, 2.75) is 65.5 Å².